The van der Waals surface area contributed by atoms with Gasteiger partial charge in [0.2, 0.25) is 0 Å². The molecule has 0 aromatic rings. The van der Waals surface area contributed by atoms with Crippen molar-refractivity contribution in [1.82, 2.24) is 0 Å². The molecule has 0 aromatic carbocycles. The fourth-order valence-electron chi connectivity index (χ4n) is 0. The largest absolute Gasteiger partial charge is 0.0746 e. The molecule has 0 atom stereocenters. The fraction of sp³-hybridized carbons (Fsp3) is 1.00. The Balaban J connectivity index is 0. The van der Waals surface area contributed by atoms with E-state index in [1.165, 1.54) is 0 Å². The summed E-state index contributed by atoms with van der Waals surface area (Å²) in [7, 11) is 0.349. The third-order valence-corrected chi connectivity index (χ3v) is 2.45. The summed E-state index contributed by atoms with van der Waals surface area (Å²) in [6, 6.07) is 0. The highest BCUT2D eigenvalue weighted by Gasteiger charge is 1.81. The highest BCUT2D eigenvalue weighted by atomic mass is 128. The van der Waals surface area contributed by atoms with Crippen molar-refractivity contribution in [1.29, 1.82) is 0 Å². The molecule has 0 unspecified atom stereocenters. The van der Waals surface area contributed by atoms with Gasteiger partial charge in [0.1, 0.15) is 0 Å². The molecular weight excluding hydrogens is 330 g/mol. The van der Waals surface area contributed by atoms with Crippen LogP contribution in [0.5, 0.6) is 0 Å². The molecule has 46 valence electrons. The zero-order valence-corrected chi connectivity index (χ0v) is 10.8. The van der Waals surface area contributed by atoms with Gasteiger partial charge in [0.25, 0.3) is 0 Å². The lowest BCUT2D eigenvalue weighted by molar-refractivity contribution is 1.06. The molecule has 0 aliphatic heterocycles. The normalized spacial score (nSPS) is 9.43. The van der Waals surface area contributed by atoms with Crippen molar-refractivity contribution < 1.29 is 0 Å². The number of hydrogen-bond acceptors (Lipinski definition) is 0. The summed E-state index contributed by atoms with van der Waals surface area (Å²) in [4.78, 5) is 0. The molecule has 0 rings (SSSR count). The number of rotatable bonds is 1. The van der Waals surface area contributed by atoms with Gasteiger partial charge in [-0.25, -0.2) is 0 Å². The SMILES string of the molecule is C[SiH2]C(C)C.II. The Morgan fingerprint density at radius 2 is 1.43 bits per heavy atom. The van der Waals surface area contributed by atoms with Crippen LogP contribution in [0.4, 0.5) is 0 Å². The van der Waals surface area contributed by atoms with E-state index in [4.69, 9.17) is 0 Å². The van der Waals surface area contributed by atoms with Crippen molar-refractivity contribution in [2.75, 3.05) is 0 Å². The summed E-state index contributed by atoms with van der Waals surface area (Å²) in [6.45, 7) is 6.91. The van der Waals surface area contributed by atoms with Crippen LogP contribution >= 0.6 is 37.2 Å². The Morgan fingerprint density at radius 1 is 1.29 bits per heavy atom. The molecule has 0 bridgehead atoms. The van der Waals surface area contributed by atoms with Crippen LogP contribution in [-0.4, -0.2) is 9.52 Å². The van der Waals surface area contributed by atoms with E-state index in [0.29, 0.717) is 9.52 Å². The molecule has 0 nitrogen and oxygen atoms in total. The molecule has 0 amide bonds. The monoisotopic (exact) mass is 342 g/mol. The zero-order chi connectivity index (χ0) is 6.28. The number of halogens is 2. The van der Waals surface area contributed by atoms with E-state index >= 15 is 0 Å². The second kappa shape index (κ2) is 10.6. The van der Waals surface area contributed by atoms with Crippen LogP contribution in [0.1, 0.15) is 13.8 Å². The maximum atomic E-state index is 2.34. The van der Waals surface area contributed by atoms with Crippen LogP contribution in [0.15, 0.2) is 0 Å². The van der Waals surface area contributed by atoms with E-state index in [9.17, 15) is 0 Å². The minimum Gasteiger partial charge on any atom is -0.0746 e. The summed E-state index contributed by atoms with van der Waals surface area (Å²) in [6.07, 6.45) is 0. The van der Waals surface area contributed by atoms with Crippen molar-refractivity contribution in [3.63, 3.8) is 0 Å². The Labute approximate surface area is 72.0 Å². The second-order valence-corrected chi connectivity index (χ2v) is 4.25. The Bertz CT molecular complexity index is 23.7. The van der Waals surface area contributed by atoms with E-state index in [2.05, 4.69) is 57.6 Å². The molecular formula is C4H12I2Si. The van der Waals surface area contributed by atoms with Crippen molar-refractivity contribution in [2.24, 2.45) is 0 Å². The summed E-state index contributed by atoms with van der Waals surface area (Å²) in [5.74, 6) is 0. The summed E-state index contributed by atoms with van der Waals surface area (Å²) in [5.41, 5.74) is 1.02. The van der Waals surface area contributed by atoms with Crippen LogP contribution in [-0.2, 0) is 0 Å². The average Bonchev–Trinajstić information content (AvgIpc) is 1.73. The molecule has 0 aliphatic rings. The maximum Gasteiger partial charge on any atom is 0.0194 e. The average molecular weight is 342 g/mol. The molecule has 0 fully saturated rings. The topological polar surface area (TPSA) is 0 Å². The van der Waals surface area contributed by atoms with Crippen molar-refractivity contribution in [3.05, 3.63) is 0 Å². The van der Waals surface area contributed by atoms with Gasteiger partial charge in [-0.3, -0.25) is 0 Å². The first-order valence-electron chi connectivity index (χ1n) is 2.41. The van der Waals surface area contributed by atoms with Gasteiger partial charge in [0, 0.05) is 46.8 Å². The Hall–Kier alpha value is 1.68. The Morgan fingerprint density at radius 3 is 1.43 bits per heavy atom. The molecule has 0 radical (unpaired) electrons. The highest BCUT2D eigenvalue weighted by molar-refractivity contribution is 15.0. The van der Waals surface area contributed by atoms with Gasteiger partial charge in [-0.15, -0.1) is 0 Å². The van der Waals surface area contributed by atoms with Crippen LogP contribution in [0, 0.1) is 0 Å². The summed E-state index contributed by atoms with van der Waals surface area (Å²) < 4.78 is 0. The van der Waals surface area contributed by atoms with Gasteiger partial charge in [-0.1, -0.05) is 25.9 Å². The van der Waals surface area contributed by atoms with Crippen molar-refractivity contribution >= 4 is 46.8 Å². The molecule has 0 spiro atoms. The first-order chi connectivity index (χ1) is 3.27. The fourth-order valence-corrected chi connectivity index (χ4v) is 0. The van der Waals surface area contributed by atoms with Gasteiger partial charge in [-0.2, -0.15) is 0 Å². The lowest BCUT2D eigenvalue weighted by Gasteiger charge is -1.89. The third-order valence-electron chi connectivity index (χ3n) is 0.816. The van der Waals surface area contributed by atoms with E-state index in [-0.39, 0.29) is 0 Å². The predicted molar refractivity (Wildman–Crippen MR) is 57.5 cm³/mol. The van der Waals surface area contributed by atoms with Gasteiger partial charge < -0.3 is 0 Å². The van der Waals surface area contributed by atoms with Crippen molar-refractivity contribution in [2.45, 2.75) is 25.9 Å². The molecule has 7 heavy (non-hydrogen) atoms. The molecule has 0 N–H and O–H groups in total. The highest BCUT2D eigenvalue weighted by Crippen LogP contribution is 1.92. The van der Waals surface area contributed by atoms with E-state index in [1.54, 1.807) is 0 Å². The minimum atomic E-state index is 0.349. The van der Waals surface area contributed by atoms with Gasteiger partial charge >= 0.3 is 0 Å². The lowest BCUT2D eigenvalue weighted by atomic mass is 10.6. The molecule has 0 heterocycles. The van der Waals surface area contributed by atoms with Crippen LogP contribution in [0.25, 0.3) is 0 Å². The zero-order valence-electron chi connectivity index (χ0n) is 5.04. The van der Waals surface area contributed by atoms with Crippen molar-refractivity contribution in [3.8, 4) is 0 Å². The standard InChI is InChI=1S/C4H12Si.I2/c1-4(2)5-3;1-2/h4H,5H2,1-3H3;. The molecule has 3 heteroatoms. The first kappa shape index (κ1) is 11.5. The predicted octanol–water partition coefficient (Wildman–Crippen LogP) is 2.80. The van der Waals surface area contributed by atoms with Gasteiger partial charge in [0.15, 0.2) is 0 Å². The molecule has 0 saturated carbocycles. The summed E-state index contributed by atoms with van der Waals surface area (Å²) in [5, 5.41) is 0. The second-order valence-electron chi connectivity index (χ2n) is 1.80. The quantitative estimate of drug-likeness (QED) is 0.508. The van der Waals surface area contributed by atoms with Crippen LogP contribution in [0.2, 0.25) is 12.1 Å². The van der Waals surface area contributed by atoms with E-state index in [0.717, 1.165) is 5.54 Å². The maximum absolute atomic E-state index is 2.34. The molecule has 0 aromatic heterocycles. The lowest BCUT2D eigenvalue weighted by Crippen LogP contribution is -1.83. The van der Waals surface area contributed by atoms with Gasteiger partial charge in [0.05, 0.1) is 0 Å². The third kappa shape index (κ3) is 18.3. The smallest absolute Gasteiger partial charge is 0.0194 e. The van der Waals surface area contributed by atoms with E-state index in [1.807, 2.05) is 0 Å². The summed E-state index contributed by atoms with van der Waals surface area (Å²) >= 11 is 4.24. The van der Waals surface area contributed by atoms with E-state index < -0.39 is 0 Å². The molecule has 0 saturated heterocycles. The molecule has 0 aliphatic carbocycles. The number of hydrogen-bond donors (Lipinski definition) is 0. The van der Waals surface area contributed by atoms with Crippen LogP contribution in [0.3, 0.4) is 0 Å². The first-order valence-corrected chi connectivity index (χ1v) is 10.9. The van der Waals surface area contributed by atoms with Crippen LogP contribution < -0.4 is 0 Å². The minimum absolute atomic E-state index is 0.349. The van der Waals surface area contributed by atoms with Gasteiger partial charge in [-0.05, 0) is 0 Å². The Kier molecular flexibility index (Phi) is 17.4.